The van der Waals surface area contributed by atoms with Crippen LogP contribution in [0.25, 0.3) is 0 Å². The van der Waals surface area contributed by atoms with Gasteiger partial charge in [0.15, 0.2) is 0 Å². The topological polar surface area (TPSA) is 108 Å². The molecule has 2 heterocycles. The molecule has 1 fully saturated rings. The van der Waals surface area contributed by atoms with Crippen molar-refractivity contribution in [1.82, 2.24) is 4.31 Å². The van der Waals surface area contributed by atoms with Crippen molar-refractivity contribution in [2.75, 3.05) is 13.1 Å². The van der Waals surface area contributed by atoms with Crippen LogP contribution in [0.2, 0.25) is 0 Å². The van der Waals surface area contributed by atoms with Crippen molar-refractivity contribution in [2.45, 2.75) is 30.4 Å². The van der Waals surface area contributed by atoms with Gasteiger partial charge in [0.05, 0.1) is 17.7 Å². The van der Waals surface area contributed by atoms with Crippen LogP contribution in [-0.4, -0.2) is 43.0 Å². The number of sulfonamides is 1. The maximum atomic E-state index is 12.8. The minimum Gasteiger partial charge on any atom is -0.457 e. The van der Waals surface area contributed by atoms with E-state index in [0.717, 1.165) is 11.3 Å². The number of piperidine rings is 1. The van der Waals surface area contributed by atoms with Crippen molar-refractivity contribution < 1.29 is 23.1 Å². The number of benzene rings is 1. The van der Waals surface area contributed by atoms with Gasteiger partial charge in [0.1, 0.15) is 16.4 Å². The Bertz CT molecular complexity index is 952. The quantitative estimate of drug-likeness (QED) is 0.762. The number of ether oxygens (including phenoxy) is 1. The van der Waals surface area contributed by atoms with Crippen LogP contribution in [-0.2, 0) is 21.4 Å². The summed E-state index contributed by atoms with van der Waals surface area (Å²) in [6.07, 6.45) is 0.264. The highest BCUT2D eigenvalue weighted by atomic mass is 32.2. The van der Waals surface area contributed by atoms with Crippen LogP contribution in [0, 0.1) is 11.3 Å². The Labute approximate surface area is 161 Å². The second-order valence-electron chi connectivity index (χ2n) is 6.13. The monoisotopic (exact) mass is 406 g/mol. The Balaban J connectivity index is 1.71. The van der Waals surface area contributed by atoms with E-state index in [9.17, 15) is 18.3 Å². The lowest BCUT2D eigenvalue weighted by Gasteiger charge is -2.28. The number of aliphatic hydroxyl groups excluding tert-OH is 1. The summed E-state index contributed by atoms with van der Waals surface area (Å²) >= 11 is 1.02. The minimum atomic E-state index is -3.81. The van der Waals surface area contributed by atoms with Gasteiger partial charge in [0.2, 0.25) is 10.0 Å². The summed E-state index contributed by atoms with van der Waals surface area (Å²) in [6.45, 7) is 0.427. The predicted octanol–water partition coefficient (Wildman–Crippen LogP) is 2.12. The molecule has 9 heteroatoms. The molecule has 0 bridgehead atoms. The molecule has 27 heavy (non-hydrogen) atoms. The van der Waals surface area contributed by atoms with Gasteiger partial charge >= 0.3 is 5.97 Å². The van der Waals surface area contributed by atoms with Crippen molar-refractivity contribution >= 4 is 27.3 Å². The van der Waals surface area contributed by atoms with Crippen LogP contribution >= 0.6 is 11.3 Å². The third kappa shape index (κ3) is 4.36. The van der Waals surface area contributed by atoms with E-state index >= 15 is 0 Å². The van der Waals surface area contributed by atoms with Crippen LogP contribution in [0.15, 0.2) is 40.6 Å². The van der Waals surface area contributed by atoms with Crippen LogP contribution in [0.3, 0.4) is 0 Å². The molecule has 0 spiro atoms. The van der Waals surface area contributed by atoms with E-state index in [-0.39, 0.29) is 29.5 Å². The maximum Gasteiger partial charge on any atom is 0.350 e. The number of esters is 1. The first-order valence-corrected chi connectivity index (χ1v) is 10.7. The Morgan fingerprint density at radius 2 is 1.93 bits per heavy atom. The zero-order valence-electron chi connectivity index (χ0n) is 14.4. The number of aliphatic hydroxyl groups is 1. The summed E-state index contributed by atoms with van der Waals surface area (Å²) in [5.74, 6) is -0.704. The highest BCUT2D eigenvalue weighted by Gasteiger charge is 2.33. The molecule has 0 aliphatic carbocycles. The summed E-state index contributed by atoms with van der Waals surface area (Å²) in [5, 5.41) is 19.9. The maximum absolute atomic E-state index is 12.8. The van der Waals surface area contributed by atoms with Crippen molar-refractivity contribution in [1.29, 1.82) is 5.26 Å². The third-order valence-corrected chi connectivity index (χ3v) is 7.27. The third-order valence-electron chi connectivity index (χ3n) is 4.31. The van der Waals surface area contributed by atoms with Crippen LogP contribution in [0.5, 0.6) is 0 Å². The lowest BCUT2D eigenvalue weighted by atomic mass is 10.1. The largest absolute Gasteiger partial charge is 0.457 e. The molecule has 1 aromatic carbocycles. The summed E-state index contributed by atoms with van der Waals surface area (Å²) in [7, 11) is -3.81. The van der Waals surface area contributed by atoms with Crippen LogP contribution < -0.4 is 0 Å². The van der Waals surface area contributed by atoms with Gasteiger partial charge < -0.3 is 9.84 Å². The molecule has 0 radical (unpaired) electrons. The molecule has 0 amide bonds. The Morgan fingerprint density at radius 1 is 1.26 bits per heavy atom. The predicted molar refractivity (Wildman–Crippen MR) is 98.6 cm³/mol. The molecule has 0 atom stereocenters. The normalized spacial score (nSPS) is 16.0. The molecule has 0 unspecified atom stereocenters. The van der Waals surface area contributed by atoms with Crippen molar-refractivity contribution in [3.63, 3.8) is 0 Å². The van der Waals surface area contributed by atoms with Gasteiger partial charge in [-0.25, -0.2) is 13.2 Å². The lowest BCUT2D eigenvalue weighted by Crippen LogP contribution is -2.40. The fourth-order valence-corrected chi connectivity index (χ4v) is 5.51. The molecular weight excluding hydrogens is 388 g/mol. The van der Waals surface area contributed by atoms with Crippen LogP contribution in [0.4, 0.5) is 0 Å². The lowest BCUT2D eigenvalue weighted by molar-refractivity contribution is 0.0474. The zero-order chi connectivity index (χ0) is 19.4. The standard InChI is InChI=1S/C18H18N2O5S2/c19-11-13-1-3-14(4-2-13)12-25-18(22)17-16(7-10-26-17)27(23,24)20-8-5-15(21)6-9-20/h1-4,7,10,15,21H,5-6,8-9,12H2. The number of hydrogen-bond acceptors (Lipinski definition) is 7. The van der Waals surface area contributed by atoms with Gasteiger partial charge in [0, 0.05) is 13.1 Å². The summed E-state index contributed by atoms with van der Waals surface area (Å²) < 4.78 is 32.2. The molecule has 142 valence electrons. The van der Waals surface area contributed by atoms with E-state index in [2.05, 4.69) is 0 Å². The summed E-state index contributed by atoms with van der Waals surface area (Å²) in [6, 6.07) is 10.0. The van der Waals surface area contributed by atoms with Gasteiger partial charge in [-0.3, -0.25) is 0 Å². The second-order valence-corrected chi connectivity index (χ2v) is 8.96. The average Bonchev–Trinajstić information content (AvgIpc) is 3.18. The van der Waals surface area contributed by atoms with Gasteiger partial charge in [-0.2, -0.15) is 9.57 Å². The molecule has 1 saturated heterocycles. The van der Waals surface area contributed by atoms with E-state index in [4.69, 9.17) is 10.00 Å². The number of carbonyl (C=O) groups is 1. The van der Waals surface area contributed by atoms with Crippen molar-refractivity contribution in [3.05, 3.63) is 51.7 Å². The van der Waals surface area contributed by atoms with Gasteiger partial charge in [0.25, 0.3) is 0 Å². The van der Waals surface area contributed by atoms with Crippen LogP contribution in [0.1, 0.15) is 33.6 Å². The number of hydrogen-bond donors (Lipinski definition) is 1. The highest BCUT2D eigenvalue weighted by Crippen LogP contribution is 2.28. The number of nitrogens with zero attached hydrogens (tertiary/aromatic N) is 2. The Kier molecular flexibility index (Phi) is 5.92. The fraction of sp³-hybridized carbons (Fsp3) is 0.333. The Morgan fingerprint density at radius 3 is 2.56 bits per heavy atom. The summed E-state index contributed by atoms with van der Waals surface area (Å²) in [5.41, 5.74) is 1.21. The number of rotatable bonds is 5. The highest BCUT2D eigenvalue weighted by molar-refractivity contribution is 7.89. The first kappa shape index (κ1) is 19.5. The molecule has 1 aromatic heterocycles. The molecule has 0 saturated carbocycles. The second kappa shape index (κ2) is 8.19. The first-order valence-electron chi connectivity index (χ1n) is 8.33. The van der Waals surface area contributed by atoms with E-state index < -0.39 is 22.1 Å². The Hall–Kier alpha value is -2.25. The zero-order valence-corrected chi connectivity index (χ0v) is 16.0. The molecule has 3 rings (SSSR count). The van der Waals surface area contributed by atoms with Gasteiger partial charge in [-0.1, -0.05) is 12.1 Å². The fourth-order valence-electron chi connectivity index (χ4n) is 2.76. The minimum absolute atomic E-state index is 0.0160. The molecule has 2 aromatic rings. The van der Waals surface area contributed by atoms with Gasteiger partial charge in [-0.05, 0) is 42.0 Å². The molecular formula is C18H18N2O5S2. The first-order chi connectivity index (χ1) is 12.9. The molecule has 1 N–H and O–H groups in total. The smallest absolute Gasteiger partial charge is 0.350 e. The van der Waals surface area contributed by atoms with E-state index in [1.165, 1.54) is 10.4 Å². The van der Waals surface area contributed by atoms with E-state index in [1.54, 1.807) is 29.6 Å². The number of thiophene rings is 1. The number of nitriles is 1. The SMILES string of the molecule is N#Cc1ccc(COC(=O)c2sccc2S(=O)(=O)N2CCC(O)CC2)cc1. The van der Waals surface area contributed by atoms with Gasteiger partial charge in [-0.15, -0.1) is 11.3 Å². The van der Waals surface area contributed by atoms with E-state index in [1.807, 2.05) is 6.07 Å². The van der Waals surface area contributed by atoms with Crippen molar-refractivity contribution in [3.8, 4) is 6.07 Å². The molecule has 1 aliphatic heterocycles. The molecule has 7 nitrogen and oxygen atoms in total. The average molecular weight is 406 g/mol. The van der Waals surface area contributed by atoms with E-state index in [0.29, 0.717) is 24.0 Å². The summed E-state index contributed by atoms with van der Waals surface area (Å²) in [4.78, 5) is 12.4. The van der Waals surface area contributed by atoms with Crippen molar-refractivity contribution in [2.24, 2.45) is 0 Å². The molecule has 1 aliphatic rings. The number of carbonyl (C=O) groups excluding carboxylic acids is 1.